The highest BCUT2D eigenvalue weighted by Crippen LogP contribution is 2.23. The Morgan fingerprint density at radius 2 is 2.36 bits per heavy atom. The number of nitrogens with two attached hydrogens (primary N) is 1. The number of amides is 1. The summed E-state index contributed by atoms with van der Waals surface area (Å²) in [6, 6.07) is 4.02. The van der Waals surface area contributed by atoms with Gasteiger partial charge in [0.2, 0.25) is 5.91 Å². The SMILES string of the molecule is CN(C)C(=O)CC(CN)c1cccs1. The van der Waals surface area contributed by atoms with E-state index in [1.807, 2.05) is 17.5 Å². The van der Waals surface area contributed by atoms with Crippen molar-refractivity contribution in [2.75, 3.05) is 20.6 Å². The minimum atomic E-state index is 0.133. The van der Waals surface area contributed by atoms with E-state index in [0.717, 1.165) is 0 Å². The van der Waals surface area contributed by atoms with Gasteiger partial charge in [0.1, 0.15) is 0 Å². The van der Waals surface area contributed by atoms with Crippen LogP contribution in [0.5, 0.6) is 0 Å². The maximum Gasteiger partial charge on any atom is 0.222 e. The molecule has 1 rings (SSSR count). The summed E-state index contributed by atoms with van der Waals surface area (Å²) in [5, 5.41) is 2.01. The lowest BCUT2D eigenvalue weighted by Crippen LogP contribution is -2.25. The van der Waals surface area contributed by atoms with Gasteiger partial charge in [0.05, 0.1) is 0 Å². The predicted molar refractivity (Wildman–Crippen MR) is 59.4 cm³/mol. The fourth-order valence-corrected chi connectivity index (χ4v) is 2.06. The van der Waals surface area contributed by atoms with Crippen molar-refractivity contribution >= 4 is 17.2 Å². The Balaban J connectivity index is 2.61. The first-order valence-corrected chi connectivity index (χ1v) is 5.46. The quantitative estimate of drug-likeness (QED) is 0.817. The zero-order chi connectivity index (χ0) is 10.6. The van der Waals surface area contributed by atoms with Crippen LogP contribution in [0.25, 0.3) is 0 Å². The average Bonchev–Trinajstić information content (AvgIpc) is 2.66. The highest BCUT2D eigenvalue weighted by Gasteiger charge is 2.16. The van der Waals surface area contributed by atoms with Gasteiger partial charge < -0.3 is 10.6 Å². The van der Waals surface area contributed by atoms with Gasteiger partial charge in [-0.2, -0.15) is 0 Å². The Kier molecular flexibility index (Phi) is 4.10. The number of carbonyl (C=O) groups is 1. The minimum Gasteiger partial charge on any atom is -0.349 e. The molecule has 0 saturated heterocycles. The zero-order valence-electron chi connectivity index (χ0n) is 8.56. The van der Waals surface area contributed by atoms with E-state index in [-0.39, 0.29) is 11.8 Å². The number of thiophene rings is 1. The molecule has 1 atom stereocenters. The summed E-state index contributed by atoms with van der Waals surface area (Å²) >= 11 is 1.66. The Morgan fingerprint density at radius 3 is 2.79 bits per heavy atom. The number of rotatable bonds is 4. The van der Waals surface area contributed by atoms with Crippen molar-refractivity contribution in [3.63, 3.8) is 0 Å². The third-order valence-corrected chi connectivity index (χ3v) is 3.18. The Bertz CT molecular complexity index is 282. The molecule has 78 valence electrons. The number of carbonyl (C=O) groups excluding carboxylic acids is 1. The average molecular weight is 212 g/mol. The van der Waals surface area contributed by atoms with Crippen LogP contribution in [-0.2, 0) is 4.79 Å². The molecule has 0 aliphatic heterocycles. The molecule has 0 aliphatic carbocycles. The molecule has 1 heterocycles. The van der Waals surface area contributed by atoms with Gasteiger partial charge >= 0.3 is 0 Å². The number of nitrogens with zero attached hydrogens (tertiary/aromatic N) is 1. The van der Waals surface area contributed by atoms with Crippen LogP contribution in [0.4, 0.5) is 0 Å². The van der Waals surface area contributed by atoms with Gasteiger partial charge in [0.25, 0.3) is 0 Å². The van der Waals surface area contributed by atoms with E-state index in [0.29, 0.717) is 13.0 Å². The molecule has 0 aromatic carbocycles. The molecule has 1 amide bonds. The van der Waals surface area contributed by atoms with Gasteiger partial charge in [-0.1, -0.05) is 6.07 Å². The molecule has 0 bridgehead atoms. The van der Waals surface area contributed by atoms with E-state index in [1.54, 1.807) is 30.3 Å². The van der Waals surface area contributed by atoms with E-state index in [2.05, 4.69) is 0 Å². The number of hydrogen-bond donors (Lipinski definition) is 1. The molecule has 14 heavy (non-hydrogen) atoms. The van der Waals surface area contributed by atoms with Crippen LogP contribution in [0.3, 0.4) is 0 Å². The molecular formula is C10H16N2OS. The van der Waals surface area contributed by atoms with Crippen LogP contribution in [0.2, 0.25) is 0 Å². The molecule has 1 aromatic rings. The van der Waals surface area contributed by atoms with Crippen molar-refractivity contribution in [3.8, 4) is 0 Å². The summed E-state index contributed by atoms with van der Waals surface area (Å²) in [6.07, 6.45) is 0.504. The molecule has 4 heteroatoms. The Labute approximate surface area is 88.5 Å². The minimum absolute atomic E-state index is 0.133. The van der Waals surface area contributed by atoms with E-state index in [1.165, 1.54) is 4.88 Å². The zero-order valence-corrected chi connectivity index (χ0v) is 9.38. The fourth-order valence-electron chi connectivity index (χ4n) is 1.22. The Morgan fingerprint density at radius 1 is 1.64 bits per heavy atom. The van der Waals surface area contributed by atoms with Gasteiger partial charge in [-0.05, 0) is 11.4 Å². The standard InChI is InChI=1S/C10H16N2OS/c1-12(2)10(13)6-8(7-11)9-4-3-5-14-9/h3-5,8H,6-7,11H2,1-2H3. The monoisotopic (exact) mass is 212 g/mol. The second kappa shape index (κ2) is 5.12. The second-order valence-electron chi connectivity index (χ2n) is 3.44. The summed E-state index contributed by atoms with van der Waals surface area (Å²) in [5.74, 6) is 0.304. The van der Waals surface area contributed by atoms with E-state index < -0.39 is 0 Å². The first kappa shape index (κ1) is 11.2. The van der Waals surface area contributed by atoms with Crippen LogP contribution < -0.4 is 5.73 Å². The summed E-state index contributed by atoms with van der Waals surface area (Å²) in [5.41, 5.74) is 5.65. The largest absolute Gasteiger partial charge is 0.349 e. The van der Waals surface area contributed by atoms with Crippen LogP contribution in [-0.4, -0.2) is 31.4 Å². The predicted octanol–water partition coefficient (Wildman–Crippen LogP) is 1.27. The van der Waals surface area contributed by atoms with Crippen molar-refractivity contribution in [2.24, 2.45) is 5.73 Å². The van der Waals surface area contributed by atoms with E-state index >= 15 is 0 Å². The molecule has 0 aliphatic rings. The first-order valence-electron chi connectivity index (χ1n) is 4.58. The third-order valence-electron chi connectivity index (χ3n) is 2.15. The molecule has 0 saturated carbocycles. The van der Waals surface area contributed by atoms with E-state index in [9.17, 15) is 4.79 Å². The molecular weight excluding hydrogens is 196 g/mol. The van der Waals surface area contributed by atoms with Gasteiger partial charge in [0, 0.05) is 37.9 Å². The van der Waals surface area contributed by atoms with Crippen molar-refractivity contribution < 1.29 is 4.79 Å². The van der Waals surface area contributed by atoms with Crippen LogP contribution in [0, 0.1) is 0 Å². The second-order valence-corrected chi connectivity index (χ2v) is 4.42. The topological polar surface area (TPSA) is 46.3 Å². The summed E-state index contributed by atoms with van der Waals surface area (Å²) < 4.78 is 0. The van der Waals surface area contributed by atoms with Crippen LogP contribution in [0.15, 0.2) is 17.5 Å². The Hall–Kier alpha value is -0.870. The lowest BCUT2D eigenvalue weighted by molar-refractivity contribution is -0.129. The normalized spacial score (nSPS) is 12.5. The molecule has 2 N–H and O–H groups in total. The maximum absolute atomic E-state index is 11.5. The lowest BCUT2D eigenvalue weighted by Gasteiger charge is -2.15. The third kappa shape index (κ3) is 2.82. The van der Waals surface area contributed by atoms with Gasteiger partial charge in [-0.3, -0.25) is 4.79 Å². The van der Waals surface area contributed by atoms with Crippen LogP contribution in [0.1, 0.15) is 17.2 Å². The summed E-state index contributed by atoms with van der Waals surface area (Å²) in [4.78, 5) is 14.3. The highest BCUT2D eigenvalue weighted by atomic mass is 32.1. The summed E-state index contributed by atoms with van der Waals surface area (Å²) in [7, 11) is 3.54. The smallest absolute Gasteiger partial charge is 0.222 e. The van der Waals surface area contributed by atoms with Gasteiger partial charge in [-0.25, -0.2) is 0 Å². The van der Waals surface area contributed by atoms with Gasteiger partial charge in [0.15, 0.2) is 0 Å². The summed E-state index contributed by atoms with van der Waals surface area (Å²) in [6.45, 7) is 0.528. The maximum atomic E-state index is 11.5. The molecule has 0 spiro atoms. The lowest BCUT2D eigenvalue weighted by atomic mass is 10.0. The van der Waals surface area contributed by atoms with Crippen LogP contribution >= 0.6 is 11.3 Å². The van der Waals surface area contributed by atoms with Crippen molar-refractivity contribution in [1.29, 1.82) is 0 Å². The van der Waals surface area contributed by atoms with E-state index in [4.69, 9.17) is 5.73 Å². The molecule has 1 aromatic heterocycles. The first-order chi connectivity index (χ1) is 6.65. The fraction of sp³-hybridized carbons (Fsp3) is 0.500. The van der Waals surface area contributed by atoms with Crippen molar-refractivity contribution in [3.05, 3.63) is 22.4 Å². The molecule has 0 fully saturated rings. The highest BCUT2D eigenvalue weighted by molar-refractivity contribution is 7.10. The van der Waals surface area contributed by atoms with Crippen molar-refractivity contribution in [1.82, 2.24) is 4.90 Å². The molecule has 3 nitrogen and oxygen atoms in total. The van der Waals surface area contributed by atoms with Crippen molar-refractivity contribution in [2.45, 2.75) is 12.3 Å². The number of hydrogen-bond acceptors (Lipinski definition) is 3. The molecule has 0 radical (unpaired) electrons. The molecule has 1 unspecified atom stereocenters. The van der Waals surface area contributed by atoms with Gasteiger partial charge in [-0.15, -0.1) is 11.3 Å².